The molecule has 3 aromatic rings. The van der Waals surface area contributed by atoms with Crippen molar-refractivity contribution in [3.63, 3.8) is 0 Å². The van der Waals surface area contributed by atoms with Crippen LogP contribution in [-0.4, -0.2) is 57.5 Å². The Balaban J connectivity index is 1.28. The Morgan fingerprint density at radius 3 is 2.79 bits per heavy atom. The molecule has 0 radical (unpaired) electrons. The first-order chi connectivity index (χ1) is 13.6. The van der Waals surface area contributed by atoms with Crippen LogP contribution in [0, 0.1) is 0 Å². The molecule has 0 bridgehead atoms. The fraction of sp³-hybridized carbons (Fsp3) is 0.350. The highest BCUT2D eigenvalue weighted by molar-refractivity contribution is 6.30. The van der Waals surface area contributed by atoms with E-state index in [0.717, 1.165) is 42.8 Å². The van der Waals surface area contributed by atoms with Gasteiger partial charge in [0.2, 0.25) is 0 Å². The molecule has 1 aromatic carbocycles. The molecule has 144 valence electrons. The number of hydrogen-bond acceptors (Lipinski definition) is 5. The molecular weight excluding hydrogens is 378 g/mol. The van der Waals surface area contributed by atoms with Gasteiger partial charge in [-0.25, -0.2) is 9.97 Å². The van der Waals surface area contributed by atoms with E-state index in [1.54, 1.807) is 30.6 Å². The number of carbonyl (C=O) groups excluding carboxylic acids is 1. The lowest BCUT2D eigenvalue weighted by Crippen LogP contribution is -2.58. The molecule has 28 heavy (non-hydrogen) atoms. The van der Waals surface area contributed by atoms with Gasteiger partial charge in [-0.2, -0.15) is 0 Å². The Bertz CT molecular complexity index is 1010. The van der Waals surface area contributed by atoms with Crippen LogP contribution in [0.5, 0.6) is 5.75 Å². The molecule has 1 aliphatic heterocycles. The van der Waals surface area contributed by atoms with Crippen molar-refractivity contribution in [2.24, 2.45) is 0 Å². The molecule has 5 rings (SSSR count). The van der Waals surface area contributed by atoms with E-state index in [9.17, 15) is 4.79 Å². The van der Waals surface area contributed by atoms with Gasteiger partial charge < -0.3 is 19.5 Å². The highest BCUT2D eigenvalue weighted by Crippen LogP contribution is 2.45. The summed E-state index contributed by atoms with van der Waals surface area (Å²) in [5.74, 6) is 1.61. The summed E-state index contributed by atoms with van der Waals surface area (Å²) in [6.07, 6.45) is 5.49. The van der Waals surface area contributed by atoms with Gasteiger partial charge >= 0.3 is 0 Å². The van der Waals surface area contributed by atoms with E-state index in [1.807, 2.05) is 17.2 Å². The van der Waals surface area contributed by atoms with Crippen molar-refractivity contribution in [3.8, 4) is 5.75 Å². The molecule has 0 atom stereocenters. The van der Waals surface area contributed by atoms with Crippen molar-refractivity contribution in [2.75, 3.05) is 31.1 Å². The molecular formula is C20H20ClN5O2. The average Bonchev–Trinajstić information content (AvgIpc) is 3.29. The first-order valence-electron chi connectivity index (χ1n) is 9.37. The number of rotatable bonds is 4. The number of ether oxygens (including phenoxy) is 1. The van der Waals surface area contributed by atoms with E-state index < -0.39 is 0 Å². The molecule has 1 saturated heterocycles. The quantitative estimate of drug-likeness (QED) is 0.732. The largest absolute Gasteiger partial charge is 0.484 e. The first-order valence-corrected chi connectivity index (χ1v) is 9.74. The van der Waals surface area contributed by atoms with Gasteiger partial charge in [0, 0.05) is 30.9 Å². The van der Waals surface area contributed by atoms with E-state index in [4.69, 9.17) is 16.3 Å². The van der Waals surface area contributed by atoms with E-state index in [2.05, 4.69) is 19.9 Å². The summed E-state index contributed by atoms with van der Waals surface area (Å²) >= 11 is 5.89. The lowest BCUT2D eigenvalue weighted by atomic mass is 10.1. The van der Waals surface area contributed by atoms with Gasteiger partial charge in [-0.05, 0) is 43.2 Å². The number of piperazine rings is 1. The predicted molar refractivity (Wildman–Crippen MR) is 107 cm³/mol. The van der Waals surface area contributed by atoms with Crippen molar-refractivity contribution >= 4 is 34.4 Å². The fourth-order valence-electron chi connectivity index (χ4n) is 3.98. The van der Waals surface area contributed by atoms with Crippen molar-refractivity contribution in [1.82, 2.24) is 19.9 Å². The predicted octanol–water partition coefficient (Wildman–Crippen LogP) is 2.87. The molecule has 1 spiro atoms. The number of aromatic amines is 1. The van der Waals surface area contributed by atoms with Crippen LogP contribution >= 0.6 is 11.6 Å². The zero-order valence-electron chi connectivity index (χ0n) is 15.3. The third-order valence-electron chi connectivity index (χ3n) is 5.59. The minimum Gasteiger partial charge on any atom is -0.484 e. The van der Waals surface area contributed by atoms with Crippen LogP contribution in [0.3, 0.4) is 0 Å². The molecule has 8 heteroatoms. The number of halogens is 1. The van der Waals surface area contributed by atoms with Gasteiger partial charge in [0.25, 0.3) is 5.91 Å². The number of hydrogen-bond donors (Lipinski definition) is 1. The normalized spacial score (nSPS) is 17.9. The monoisotopic (exact) mass is 397 g/mol. The van der Waals surface area contributed by atoms with Crippen LogP contribution in [-0.2, 0) is 4.79 Å². The molecule has 1 N–H and O–H groups in total. The van der Waals surface area contributed by atoms with Crippen molar-refractivity contribution in [1.29, 1.82) is 0 Å². The Morgan fingerprint density at radius 2 is 2.00 bits per heavy atom. The van der Waals surface area contributed by atoms with Gasteiger partial charge in [0.05, 0.1) is 10.9 Å². The lowest BCUT2D eigenvalue weighted by molar-refractivity contribution is -0.137. The van der Waals surface area contributed by atoms with Crippen LogP contribution in [0.4, 0.5) is 5.82 Å². The van der Waals surface area contributed by atoms with Crippen LogP contribution in [0.15, 0.2) is 42.9 Å². The van der Waals surface area contributed by atoms with Crippen molar-refractivity contribution in [3.05, 3.63) is 47.9 Å². The second kappa shape index (κ2) is 6.67. The van der Waals surface area contributed by atoms with Crippen LogP contribution in [0.1, 0.15) is 12.8 Å². The summed E-state index contributed by atoms with van der Waals surface area (Å²) in [6.45, 7) is 2.24. The van der Waals surface area contributed by atoms with Gasteiger partial charge in [-0.1, -0.05) is 11.6 Å². The molecule has 1 saturated carbocycles. The van der Waals surface area contributed by atoms with Crippen LogP contribution < -0.4 is 9.64 Å². The Labute approximate surface area is 167 Å². The number of carbonyl (C=O) groups is 1. The van der Waals surface area contributed by atoms with Gasteiger partial charge in [-0.15, -0.1) is 0 Å². The minimum atomic E-state index is -0.105. The minimum absolute atomic E-state index is 0.0292. The molecule has 2 fully saturated rings. The summed E-state index contributed by atoms with van der Waals surface area (Å²) in [5.41, 5.74) is 0.733. The Hall–Kier alpha value is -2.80. The van der Waals surface area contributed by atoms with Crippen molar-refractivity contribution in [2.45, 2.75) is 18.4 Å². The Kier molecular flexibility index (Phi) is 4.12. The summed E-state index contributed by atoms with van der Waals surface area (Å²) in [5, 5.41) is 1.66. The van der Waals surface area contributed by atoms with Crippen LogP contribution in [0.2, 0.25) is 5.02 Å². The fourth-order valence-corrected chi connectivity index (χ4v) is 4.11. The highest BCUT2D eigenvalue weighted by atomic mass is 35.5. The number of benzene rings is 1. The molecule has 0 unspecified atom stereocenters. The van der Waals surface area contributed by atoms with E-state index in [0.29, 0.717) is 17.3 Å². The second-order valence-electron chi connectivity index (χ2n) is 7.37. The standard InChI is InChI=1S/C20H20ClN5O2/c21-14-1-3-15(4-2-14)28-11-17(27)26-10-9-25(12-20(26)6-7-20)19-16-5-8-22-18(16)23-13-24-19/h1-5,8,13H,6-7,9-12H2,(H,22,23,24). The number of nitrogens with zero attached hydrogens (tertiary/aromatic N) is 4. The smallest absolute Gasteiger partial charge is 0.261 e. The number of fused-ring (bicyclic) bond motifs is 1. The number of aromatic nitrogens is 3. The third-order valence-corrected chi connectivity index (χ3v) is 5.84. The molecule has 1 amide bonds. The highest BCUT2D eigenvalue weighted by Gasteiger charge is 2.53. The first kappa shape index (κ1) is 17.3. The van der Waals surface area contributed by atoms with Gasteiger partial charge in [0.1, 0.15) is 23.5 Å². The number of H-pyrrole nitrogens is 1. The van der Waals surface area contributed by atoms with Crippen LogP contribution in [0.25, 0.3) is 11.0 Å². The third kappa shape index (κ3) is 3.05. The number of nitrogens with one attached hydrogen (secondary N) is 1. The summed E-state index contributed by atoms with van der Waals surface area (Å²) in [4.78, 5) is 29.0. The molecule has 2 aromatic heterocycles. The van der Waals surface area contributed by atoms with E-state index >= 15 is 0 Å². The lowest BCUT2D eigenvalue weighted by Gasteiger charge is -2.42. The molecule has 2 aliphatic rings. The SMILES string of the molecule is O=C(COc1ccc(Cl)cc1)N1CCN(c2ncnc3[nH]ccc23)CC12CC2. The van der Waals surface area contributed by atoms with Gasteiger partial charge in [0.15, 0.2) is 6.61 Å². The molecule has 7 nitrogen and oxygen atoms in total. The topological polar surface area (TPSA) is 74.3 Å². The maximum absolute atomic E-state index is 12.8. The summed E-state index contributed by atoms with van der Waals surface area (Å²) in [6, 6.07) is 9.06. The molecule has 3 heterocycles. The van der Waals surface area contributed by atoms with Crippen molar-refractivity contribution < 1.29 is 9.53 Å². The zero-order chi connectivity index (χ0) is 19.1. The maximum atomic E-state index is 12.8. The summed E-state index contributed by atoms with van der Waals surface area (Å²) in [7, 11) is 0. The zero-order valence-corrected chi connectivity index (χ0v) is 16.0. The number of anilines is 1. The Morgan fingerprint density at radius 1 is 1.18 bits per heavy atom. The number of amides is 1. The van der Waals surface area contributed by atoms with E-state index in [1.165, 1.54) is 0 Å². The maximum Gasteiger partial charge on any atom is 0.261 e. The van der Waals surface area contributed by atoms with Gasteiger partial charge in [-0.3, -0.25) is 4.79 Å². The van der Waals surface area contributed by atoms with E-state index in [-0.39, 0.29) is 18.1 Å². The summed E-state index contributed by atoms with van der Waals surface area (Å²) < 4.78 is 5.67. The molecule has 1 aliphatic carbocycles. The second-order valence-corrected chi connectivity index (χ2v) is 7.81. The average molecular weight is 398 g/mol.